The Hall–Kier alpha value is -1.89. The van der Waals surface area contributed by atoms with Gasteiger partial charge in [-0.1, -0.05) is 53.0 Å². The van der Waals surface area contributed by atoms with E-state index in [1.54, 1.807) is 0 Å². The number of carboxylic acids is 1. The molecular formula is C17H11Cl3F3NO2. The molecule has 0 aromatic heterocycles. The topological polar surface area (TPSA) is 63.3 Å². The second-order valence-electron chi connectivity index (χ2n) is 5.33. The molecule has 0 heterocycles. The Labute approximate surface area is 161 Å². The first-order valence-corrected chi connectivity index (χ1v) is 8.16. The molecule has 0 amide bonds. The summed E-state index contributed by atoms with van der Waals surface area (Å²) < 4.78 is 40.3. The normalized spacial score (nSPS) is 13.2. The van der Waals surface area contributed by atoms with Crippen LogP contribution in [-0.4, -0.2) is 17.3 Å². The van der Waals surface area contributed by atoms with E-state index in [-0.39, 0.29) is 31.9 Å². The van der Waals surface area contributed by atoms with Gasteiger partial charge in [-0.2, -0.15) is 13.2 Å². The smallest absolute Gasteiger partial charge is 0.399 e. The van der Waals surface area contributed by atoms with E-state index in [2.05, 4.69) is 0 Å². The van der Waals surface area contributed by atoms with Crippen molar-refractivity contribution in [3.05, 3.63) is 68.2 Å². The molecule has 3 nitrogen and oxygen atoms in total. The van der Waals surface area contributed by atoms with Crippen LogP contribution in [0.4, 0.5) is 18.9 Å². The van der Waals surface area contributed by atoms with Crippen molar-refractivity contribution < 1.29 is 23.1 Å². The van der Waals surface area contributed by atoms with Crippen LogP contribution < -0.4 is 5.73 Å². The van der Waals surface area contributed by atoms with E-state index in [0.717, 1.165) is 18.2 Å². The maximum absolute atomic E-state index is 13.4. The number of anilines is 1. The number of hydrogen-bond acceptors (Lipinski definition) is 2. The van der Waals surface area contributed by atoms with Crippen molar-refractivity contribution in [2.45, 2.75) is 12.1 Å². The first-order chi connectivity index (χ1) is 12.0. The number of alkyl halides is 3. The SMILES string of the molecule is Nc1cc(/C=C/C(c2cc(Cl)c(Cl)c(Cl)c2)C(F)(F)F)ccc1C(=O)O. The molecule has 0 aliphatic carbocycles. The number of allylic oxidation sites excluding steroid dienone is 1. The average Bonchev–Trinajstić information content (AvgIpc) is 2.51. The van der Waals surface area contributed by atoms with Crippen molar-refractivity contribution >= 4 is 52.5 Å². The zero-order chi connectivity index (χ0) is 19.6. The molecule has 2 aromatic rings. The fourth-order valence-electron chi connectivity index (χ4n) is 2.25. The molecule has 3 N–H and O–H groups in total. The third kappa shape index (κ3) is 4.63. The number of nitrogen functional groups attached to an aromatic ring is 1. The van der Waals surface area contributed by atoms with E-state index < -0.39 is 18.1 Å². The number of aromatic carboxylic acids is 1. The van der Waals surface area contributed by atoms with Crippen molar-refractivity contribution in [3.8, 4) is 0 Å². The zero-order valence-electron chi connectivity index (χ0n) is 12.8. The summed E-state index contributed by atoms with van der Waals surface area (Å²) in [6.07, 6.45) is -2.51. The maximum atomic E-state index is 13.4. The van der Waals surface area contributed by atoms with E-state index in [4.69, 9.17) is 45.6 Å². The molecule has 0 saturated heterocycles. The summed E-state index contributed by atoms with van der Waals surface area (Å²) in [4.78, 5) is 10.9. The van der Waals surface area contributed by atoms with Crippen LogP contribution in [0.15, 0.2) is 36.4 Å². The highest BCUT2D eigenvalue weighted by Crippen LogP contribution is 2.41. The standard InChI is InChI=1S/C17H11Cl3F3NO2/c18-12-6-9(7-13(19)15(12)20)11(17(21,22)23)4-2-8-1-3-10(16(25)26)14(24)5-8/h1-7,11H,24H2,(H,25,26)/b4-2+. The first kappa shape index (κ1) is 20.4. The number of carbonyl (C=O) groups is 1. The summed E-state index contributed by atoms with van der Waals surface area (Å²) in [6, 6.07) is 6.04. The Kier molecular flexibility index (Phi) is 6.11. The molecule has 26 heavy (non-hydrogen) atoms. The Morgan fingerprint density at radius 1 is 1.12 bits per heavy atom. The lowest BCUT2D eigenvalue weighted by molar-refractivity contribution is -0.139. The highest BCUT2D eigenvalue weighted by molar-refractivity contribution is 6.48. The van der Waals surface area contributed by atoms with Crippen LogP contribution in [0.2, 0.25) is 15.1 Å². The largest absolute Gasteiger partial charge is 0.478 e. The van der Waals surface area contributed by atoms with Gasteiger partial charge in [0, 0.05) is 5.69 Å². The van der Waals surface area contributed by atoms with E-state index in [9.17, 15) is 18.0 Å². The Balaban J connectivity index is 2.42. The minimum atomic E-state index is -4.61. The van der Waals surface area contributed by atoms with Crippen molar-refractivity contribution in [1.29, 1.82) is 0 Å². The zero-order valence-corrected chi connectivity index (χ0v) is 15.1. The summed E-state index contributed by atoms with van der Waals surface area (Å²) in [5.41, 5.74) is 5.54. The van der Waals surface area contributed by atoms with Gasteiger partial charge in [-0.3, -0.25) is 0 Å². The molecule has 0 fully saturated rings. The molecule has 0 saturated carbocycles. The van der Waals surface area contributed by atoms with Crippen molar-refractivity contribution in [3.63, 3.8) is 0 Å². The number of rotatable bonds is 4. The number of nitrogens with two attached hydrogens (primary N) is 1. The number of benzene rings is 2. The predicted octanol–water partition coefficient (Wildman–Crippen LogP) is 6.29. The second-order valence-corrected chi connectivity index (χ2v) is 6.52. The van der Waals surface area contributed by atoms with Gasteiger partial charge in [0.2, 0.25) is 0 Å². The minimum absolute atomic E-state index is 0.0287. The van der Waals surface area contributed by atoms with Gasteiger partial charge >= 0.3 is 12.1 Å². The third-order valence-corrected chi connectivity index (χ3v) is 4.70. The molecule has 0 aliphatic rings. The monoisotopic (exact) mass is 423 g/mol. The first-order valence-electron chi connectivity index (χ1n) is 7.03. The van der Waals surface area contributed by atoms with Crippen LogP contribution >= 0.6 is 34.8 Å². The van der Waals surface area contributed by atoms with Gasteiger partial charge in [0.05, 0.1) is 26.5 Å². The van der Waals surface area contributed by atoms with E-state index in [0.29, 0.717) is 5.56 Å². The number of hydrogen-bond donors (Lipinski definition) is 2. The van der Waals surface area contributed by atoms with Crippen LogP contribution in [0.25, 0.3) is 6.08 Å². The van der Waals surface area contributed by atoms with Gasteiger partial charge in [-0.25, -0.2) is 4.79 Å². The second kappa shape index (κ2) is 7.78. The van der Waals surface area contributed by atoms with Gasteiger partial charge in [-0.05, 0) is 35.4 Å². The molecule has 1 unspecified atom stereocenters. The minimum Gasteiger partial charge on any atom is -0.478 e. The fourth-order valence-corrected chi connectivity index (χ4v) is 2.86. The van der Waals surface area contributed by atoms with Gasteiger partial charge < -0.3 is 10.8 Å². The van der Waals surface area contributed by atoms with Crippen LogP contribution in [-0.2, 0) is 0 Å². The number of carboxylic acid groups (broad SMARTS) is 1. The van der Waals surface area contributed by atoms with Crippen molar-refractivity contribution in [2.75, 3.05) is 5.73 Å². The molecule has 0 spiro atoms. The van der Waals surface area contributed by atoms with Crippen LogP contribution in [0.3, 0.4) is 0 Å². The predicted molar refractivity (Wildman–Crippen MR) is 97.1 cm³/mol. The maximum Gasteiger partial charge on any atom is 0.399 e. The molecule has 0 bridgehead atoms. The lowest BCUT2D eigenvalue weighted by Gasteiger charge is -2.18. The lowest BCUT2D eigenvalue weighted by Crippen LogP contribution is -2.19. The quantitative estimate of drug-likeness (QED) is 0.448. The molecular weight excluding hydrogens is 414 g/mol. The van der Waals surface area contributed by atoms with E-state index in [1.807, 2.05) is 0 Å². The Morgan fingerprint density at radius 2 is 1.69 bits per heavy atom. The summed E-state index contributed by atoms with van der Waals surface area (Å²) in [5.74, 6) is -3.22. The Morgan fingerprint density at radius 3 is 2.15 bits per heavy atom. The number of halogens is 6. The molecule has 138 valence electrons. The summed E-state index contributed by atoms with van der Waals surface area (Å²) in [5, 5.41) is 8.71. The van der Waals surface area contributed by atoms with Crippen LogP contribution in [0.5, 0.6) is 0 Å². The van der Waals surface area contributed by atoms with Crippen LogP contribution in [0, 0.1) is 0 Å². The van der Waals surface area contributed by atoms with Crippen molar-refractivity contribution in [2.24, 2.45) is 0 Å². The van der Waals surface area contributed by atoms with E-state index in [1.165, 1.54) is 24.3 Å². The van der Waals surface area contributed by atoms with Crippen LogP contribution in [0.1, 0.15) is 27.4 Å². The molecule has 0 radical (unpaired) electrons. The summed E-state index contributed by atoms with van der Waals surface area (Å²) in [6.45, 7) is 0. The van der Waals surface area contributed by atoms with Crippen molar-refractivity contribution in [1.82, 2.24) is 0 Å². The molecule has 2 aromatic carbocycles. The highest BCUT2D eigenvalue weighted by atomic mass is 35.5. The summed E-state index contributed by atoms with van der Waals surface area (Å²) in [7, 11) is 0. The molecule has 1 atom stereocenters. The molecule has 0 aliphatic heterocycles. The van der Waals surface area contributed by atoms with Gasteiger partial charge in [0.25, 0.3) is 0 Å². The van der Waals surface area contributed by atoms with Gasteiger partial charge in [0.1, 0.15) is 0 Å². The summed E-state index contributed by atoms with van der Waals surface area (Å²) >= 11 is 17.4. The van der Waals surface area contributed by atoms with Gasteiger partial charge in [0.15, 0.2) is 0 Å². The average molecular weight is 425 g/mol. The molecule has 2 rings (SSSR count). The van der Waals surface area contributed by atoms with Gasteiger partial charge in [-0.15, -0.1) is 0 Å². The third-order valence-electron chi connectivity index (χ3n) is 3.51. The van der Waals surface area contributed by atoms with E-state index >= 15 is 0 Å². The molecule has 9 heteroatoms. The lowest BCUT2D eigenvalue weighted by atomic mass is 9.96. The Bertz CT molecular complexity index is 859. The highest BCUT2D eigenvalue weighted by Gasteiger charge is 2.39. The fraction of sp³-hybridized carbons (Fsp3) is 0.118.